The first-order chi connectivity index (χ1) is 8.22. The van der Waals surface area contributed by atoms with Crippen LogP contribution in [0.4, 0.5) is 0 Å². The van der Waals surface area contributed by atoms with Crippen LogP contribution in [0.25, 0.3) is 0 Å². The second-order valence-electron chi connectivity index (χ2n) is 5.13. The molecule has 2 heterocycles. The van der Waals surface area contributed by atoms with Crippen molar-refractivity contribution in [3.63, 3.8) is 0 Å². The second-order valence-corrected chi connectivity index (χ2v) is 6.51. The predicted octanol–water partition coefficient (Wildman–Crippen LogP) is 4.32. The minimum Gasteiger partial charge on any atom is -0.296 e. The Bertz CT molecular complexity index is 350. The molecule has 1 aromatic rings. The zero-order valence-electron chi connectivity index (χ0n) is 10.8. The first kappa shape index (κ1) is 13.4. The van der Waals surface area contributed by atoms with Gasteiger partial charge in [-0.3, -0.25) is 4.90 Å². The molecular formula is C14H22ClNS. The largest absolute Gasteiger partial charge is 0.296 e. The lowest BCUT2D eigenvalue weighted by Gasteiger charge is -2.34. The van der Waals surface area contributed by atoms with Gasteiger partial charge < -0.3 is 0 Å². The fourth-order valence-corrected chi connectivity index (χ4v) is 3.92. The van der Waals surface area contributed by atoms with Crippen molar-refractivity contribution in [1.82, 2.24) is 4.90 Å². The minimum atomic E-state index is 0.605. The maximum Gasteiger partial charge on any atom is 0.0331 e. The predicted molar refractivity (Wildman–Crippen MR) is 77.1 cm³/mol. The number of fused-ring (bicyclic) bond motifs is 1. The van der Waals surface area contributed by atoms with Gasteiger partial charge in [-0.05, 0) is 55.7 Å². The first-order valence-electron chi connectivity index (χ1n) is 6.58. The number of rotatable bonds is 5. The molecule has 0 aliphatic carbocycles. The maximum absolute atomic E-state index is 5.79. The van der Waals surface area contributed by atoms with Crippen LogP contribution >= 0.6 is 22.9 Å². The van der Waals surface area contributed by atoms with Crippen LogP contribution in [-0.4, -0.2) is 23.9 Å². The Labute approximate surface area is 114 Å². The quantitative estimate of drug-likeness (QED) is 0.721. The minimum absolute atomic E-state index is 0.605. The lowest BCUT2D eigenvalue weighted by Crippen LogP contribution is -2.34. The third-order valence-electron chi connectivity index (χ3n) is 3.91. The molecule has 17 heavy (non-hydrogen) atoms. The highest BCUT2D eigenvalue weighted by molar-refractivity contribution is 7.10. The van der Waals surface area contributed by atoms with E-state index in [2.05, 4.69) is 30.2 Å². The molecule has 1 aliphatic rings. The van der Waals surface area contributed by atoms with Crippen molar-refractivity contribution in [3.8, 4) is 0 Å². The zero-order valence-corrected chi connectivity index (χ0v) is 12.4. The fourth-order valence-electron chi connectivity index (χ4n) is 2.58. The summed E-state index contributed by atoms with van der Waals surface area (Å²) in [6.45, 7) is 7.10. The number of nitrogens with zero attached hydrogens (tertiary/aromatic N) is 1. The van der Waals surface area contributed by atoms with E-state index in [0.29, 0.717) is 6.04 Å². The van der Waals surface area contributed by atoms with Crippen molar-refractivity contribution < 1.29 is 0 Å². The SMILES string of the molecule is CC(CCCl)CCN1CCc2sccc2C1C. The van der Waals surface area contributed by atoms with Crippen LogP contribution in [0.3, 0.4) is 0 Å². The summed E-state index contributed by atoms with van der Waals surface area (Å²) >= 11 is 7.71. The van der Waals surface area contributed by atoms with E-state index >= 15 is 0 Å². The van der Waals surface area contributed by atoms with E-state index < -0.39 is 0 Å². The molecule has 2 rings (SSSR count). The molecular weight excluding hydrogens is 250 g/mol. The van der Waals surface area contributed by atoms with Crippen molar-refractivity contribution in [1.29, 1.82) is 0 Å². The molecule has 0 radical (unpaired) electrons. The Morgan fingerprint density at radius 2 is 2.35 bits per heavy atom. The summed E-state index contributed by atoms with van der Waals surface area (Å²) in [6.07, 6.45) is 3.66. The highest BCUT2D eigenvalue weighted by Crippen LogP contribution is 2.33. The topological polar surface area (TPSA) is 3.24 Å². The Morgan fingerprint density at radius 1 is 1.53 bits per heavy atom. The van der Waals surface area contributed by atoms with Gasteiger partial charge in [0, 0.05) is 23.3 Å². The molecule has 2 unspecified atom stereocenters. The fraction of sp³-hybridized carbons (Fsp3) is 0.714. The molecule has 3 heteroatoms. The molecule has 2 atom stereocenters. The summed E-state index contributed by atoms with van der Waals surface area (Å²) < 4.78 is 0. The summed E-state index contributed by atoms with van der Waals surface area (Å²) in [5.41, 5.74) is 1.56. The van der Waals surface area contributed by atoms with E-state index in [-0.39, 0.29) is 0 Å². The molecule has 0 bridgehead atoms. The lowest BCUT2D eigenvalue weighted by molar-refractivity contribution is 0.187. The maximum atomic E-state index is 5.79. The molecule has 1 nitrogen and oxygen atoms in total. The Kier molecular flexibility index (Phi) is 4.89. The van der Waals surface area contributed by atoms with E-state index in [4.69, 9.17) is 11.6 Å². The highest BCUT2D eigenvalue weighted by atomic mass is 35.5. The van der Waals surface area contributed by atoms with Crippen molar-refractivity contribution in [3.05, 3.63) is 21.9 Å². The number of halogens is 1. The van der Waals surface area contributed by atoms with Crippen LogP contribution in [-0.2, 0) is 6.42 Å². The molecule has 1 aliphatic heterocycles. The van der Waals surface area contributed by atoms with Gasteiger partial charge >= 0.3 is 0 Å². The zero-order chi connectivity index (χ0) is 12.3. The molecule has 0 saturated carbocycles. The van der Waals surface area contributed by atoms with Gasteiger partial charge in [-0.25, -0.2) is 0 Å². The number of hydrogen-bond acceptors (Lipinski definition) is 2. The molecule has 0 aromatic carbocycles. The van der Waals surface area contributed by atoms with Crippen molar-refractivity contribution in [2.24, 2.45) is 5.92 Å². The lowest BCUT2D eigenvalue weighted by atomic mass is 9.99. The average Bonchev–Trinajstić information content (AvgIpc) is 2.77. The standard InChI is InChI=1S/C14H22ClNS/c1-11(3-7-15)4-8-16-9-5-14-13(12(16)2)6-10-17-14/h6,10-12H,3-5,7-9H2,1-2H3. The van der Waals surface area contributed by atoms with Crippen LogP contribution in [0, 0.1) is 5.92 Å². The normalized spacial score (nSPS) is 22.4. The summed E-state index contributed by atoms with van der Waals surface area (Å²) in [5, 5.41) is 2.24. The van der Waals surface area contributed by atoms with E-state index in [1.165, 1.54) is 25.9 Å². The Balaban J connectivity index is 1.87. The van der Waals surface area contributed by atoms with Crippen LogP contribution in [0.2, 0.25) is 0 Å². The van der Waals surface area contributed by atoms with E-state index in [0.717, 1.165) is 18.2 Å². The molecule has 0 amide bonds. The van der Waals surface area contributed by atoms with Crippen molar-refractivity contribution >= 4 is 22.9 Å². The summed E-state index contributed by atoms with van der Waals surface area (Å²) in [6, 6.07) is 2.91. The molecule has 0 N–H and O–H groups in total. The number of alkyl halides is 1. The van der Waals surface area contributed by atoms with Crippen LogP contribution < -0.4 is 0 Å². The van der Waals surface area contributed by atoms with E-state index in [9.17, 15) is 0 Å². The third-order valence-corrected chi connectivity index (χ3v) is 5.13. The highest BCUT2D eigenvalue weighted by Gasteiger charge is 2.24. The monoisotopic (exact) mass is 271 g/mol. The Hall–Kier alpha value is -0.0500. The van der Waals surface area contributed by atoms with Gasteiger partial charge in [0.2, 0.25) is 0 Å². The van der Waals surface area contributed by atoms with Gasteiger partial charge in [0.1, 0.15) is 0 Å². The van der Waals surface area contributed by atoms with Crippen molar-refractivity contribution in [2.75, 3.05) is 19.0 Å². The van der Waals surface area contributed by atoms with Gasteiger partial charge in [0.05, 0.1) is 0 Å². The van der Waals surface area contributed by atoms with Gasteiger partial charge in [0.25, 0.3) is 0 Å². The Morgan fingerprint density at radius 3 is 3.12 bits per heavy atom. The van der Waals surface area contributed by atoms with Crippen LogP contribution in [0.15, 0.2) is 11.4 Å². The summed E-state index contributed by atoms with van der Waals surface area (Å²) in [7, 11) is 0. The number of hydrogen-bond donors (Lipinski definition) is 0. The van der Waals surface area contributed by atoms with Gasteiger partial charge in [-0.2, -0.15) is 0 Å². The second kappa shape index (κ2) is 6.21. The summed E-state index contributed by atoms with van der Waals surface area (Å²) in [5.74, 6) is 1.55. The van der Waals surface area contributed by atoms with Crippen LogP contribution in [0.1, 0.15) is 43.2 Å². The summed E-state index contributed by atoms with van der Waals surface area (Å²) in [4.78, 5) is 4.22. The number of thiophene rings is 1. The average molecular weight is 272 g/mol. The third kappa shape index (κ3) is 3.24. The van der Waals surface area contributed by atoms with Crippen LogP contribution in [0.5, 0.6) is 0 Å². The van der Waals surface area contributed by atoms with E-state index in [1.54, 1.807) is 10.4 Å². The van der Waals surface area contributed by atoms with Gasteiger partial charge in [0.15, 0.2) is 0 Å². The first-order valence-corrected chi connectivity index (χ1v) is 8.00. The van der Waals surface area contributed by atoms with Gasteiger partial charge in [-0.1, -0.05) is 6.92 Å². The van der Waals surface area contributed by atoms with Gasteiger partial charge in [-0.15, -0.1) is 22.9 Å². The van der Waals surface area contributed by atoms with E-state index in [1.807, 2.05) is 11.3 Å². The smallest absolute Gasteiger partial charge is 0.0331 e. The molecule has 0 fully saturated rings. The van der Waals surface area contributed by atoms with Crippen molar-refractivity contribution in [2.45, 2.75) is 39.2 Å². The molecule has 96 valence electrons. The molecule has 1 aromatic heterocycles. The molecule has 0 saturated heterocycles. The molecule has 0 spiro atoms.